The molecule has 1 aliphatic carbocycles. The Kier molecular flexibility index (Phi) is 5.74. The van der Waals surface area contributed by atoms with E-state index in [-0.39, 0.29) is 49.1 Å². The number of nitrogens with one attached hydrogen (secondary N) is 1. The number of hydrogen-bond donors (Lipinski definition) is 2. The first kappa shape index (κ1) is 19.7. The predicted molar refractivity (Wildman–Crippen MR) is 91.6 cm³/mol. The molecule has 3 rings (SSSR count). The molecule has 0 radical (unpaired) electrons. The molecule has 2 amide bonds. The first-order valence-electron chi connectivity index (χ1n) is 9.12. The van der Waals surface area contributed by atoms with E-state index in [1.165, 1.54) is 12.1 Å². The fourth-order valence-corrected chi connectivity index (χ4v) is 4.12. The maximum Gasteiger partial charge on any atom is 0.416 e. The smallest absolute Gasteiger partial charge is 0.396 e. The van der Waals surface area contributed by atoms with Gasteiger partial charge in [-0.15, -0.1) is 0 Å². The van der Waals surface area contributed by atoms with E-state index < -0.39 is 11.7 Å². The molecule has 148 valence electrons. The van der Waals surface area contributed by atoms with Crippen molar-refractivity contribution in [2.75, 3.05) is 19.7 Å². The molecule has 1 aromatic rings. The summed E-state index contributed by atoms with van der Waals surface area (Å²) in [5, 5.41) is 11.8. The molecule has 8 heteroatoms. The first-order chi connectivity index (χ1) is 12.8. The van der Waals surface area contributed by atoms with Gasteiger partial charge in [-0.3, -0.25) is 9.59 Å². The van der Waals surface area contributed by atoms with Gasteiger partial charge in [0.2, 0.25) is 11.8 Å². The molecule has 1 saturated heterocycles. The molecule has 2 fully saturated rings. The molecule has 1 aliphatic heterocycles. The van der Waals surface area contributed by atoms with Crippen LogP contribution in [-0.2, 0) is 22.2 Å². The second-order valence-corrected chi connectivity index (χ2v) is 7.33. The Balaban J connectivity index is 1.57. The number of hydrogen-bond acceptors (Lipinski definition) is 3. The van der Waals surface area contributed by atoms with E-state index in [0.717, 1.165) is 25.0 Å². The van der Waals surface area contributed by atoms with E-state index >= 15 is 0 Å². The zero-order valence-corrected chi connectivity index (χ0v) is 14.8. The Bertz CT molecular complexity index is 676. The minimum atomic E-state index is -4.38. The third kappa shape index (κ3) is 4.61. The zero-order chi connectivity index (χ0) is 19.6. The molecule has 1 saturated carbocycles. The number of carbonyl (C=O) groups is 2. The topological polar surface area (TPSA) is 69.6 Å². The molecule has 0 aromatic heterocycles. The van der Waals surface area contributed by atoms with E-state index in [1.54, 1.807) is 4.90 Å². The zero-order valence-electron chi connectivity index (χ0n) is 14.8. The molecular weight excluding hydrogens is 361 g/mol. The lowest BCUT2D eigenvalue weighted by Crippen LogP contribution is -2.54. The number of nitrogens with zero attached hydrogens (tertiary/aromatic N) is 1. The summed E-state index contributed by atoms with van der Waals surface area (Å²) in [5.74, 6) is 0.0848. The van der Waals surface area contributed by atoms with Crippen molar-refractivity contribution in [2.45, 2.75) is 37.9 Å². The summed E-state index contributed by atoms with van der Waals surface area (Å²) in [5.41, 5.74) is -0.171. The number of fused-ring (bicyclic) bond motifs is 2. The van der Waals surface area contributed by atoms with Gasteiger partial charge in [0.15, 0.2) is 0 Å². The molecule has 1 heterocycles. The molecule has 1 unspecified atom stereocenters. The summed E-state index contributed by atoms with van der Waals surface area (Å²) in [4.78, 5) is 26.1. The number of amides is 2. The van der Waals surface area contributed by atoms with E-state index in [4.69, 9.17) is 5.11 Å². The summed E-state index contributed by atoms with van der Waals surface area (Å²) in [6.45, 7) is 0.895. The van der Waals surface area contributed by atoms with E-state index in [2.05, 4.69) is 5.32 Å². The van der Waals surface area contributed by atoms with Gasteiger partial charge in [-0.2, -0.15) is 13.2 Å². The summed E-state index contributed by atoms with van der Waals surface area (Å²) in [6, 6.07) is 4.71. The fourth-order valence-electron chi connectivity index (χ4n) is 4.12. The molecular formula is C19H23F3N2O3. The second-order valence-electron chi connectivity index (χ2n) is 7.33. The lowest BCUT2D eigenvalue weighted by Gasteiger charge is -2.38. The van der Waals surface area contributed by atoms with Crippen molar-refractivity contribution >= 4 is 11.8 Å². The van der Waals surface area contributed by atoms with Crippen LogP contribution in [0.1, 0.15) is 30.4 Å². The van der Waals surface area contributed by atoms with Gasteiger partial charge >= 0.3 is 6.18 Å². The van der Waals surface area contributed by atoms with Crippen LogP contribution in [0, 0.1) is 11.8 Å². The molecule has 3 atom stereocenters. The van der Waals surface area contributed by atoms with Crippen molar-refractivity contribution < 1.29 is 27.9 Å². The van der Waals surface area contributed by atoms with Crippen molar-refractivity contribution in [3.8, 4) is 0 Å². The molecule has 2 bridgehead atoms. The van der Waals surface area contributed by atoms with Crippen molar-refractivity contribution in [1.29, 1.82) is 0 Å². The molecule has 27 heavy (non-hydrogen) atoms. The van der Waals surface area contributed by atoms with E-state index in [0.29, 0.717) is 18.7 Å². The van der Waals surface area contributed by atoms with Crippen LogP contribution in [0.15, 0.2) is 24.3 Å². The first-order valence-corrected chi connectivity index (χ1v) is 9.12. The molecule has 1 aromatic carbocycles. The monoisotopic (exact) mass is 384 g/mol. The minimum absolute atomic E-state index is 0.0270. The SMILES string of the molecule is O=C(CCO)NC1[C@@H]2CC[C@H]1CN(C(=O)Cc1ccc(C(F)(F)F)cc1)C2. The number of carbonyl (C=O) groups excluding carboxylic acids is 2. The average molecular weight is 384 g/mol. The fraction of sp³-hybridized carbons (Fsp3) is 0.579. The number of halogens is 3. The number of rotatable bonds is 5. The second kappa shape index (κ2) is 7.88. The predicted octanol–water partition coefficient (Wildman–Crippen LogP) is 1.98. The van der Waals surface area contributed by atoms with Crippen molar-refractivity contribution in [3.63, 3.8) is 0 Å². The highest BCUT2D eigenvalue weighted by atomic mass is 19.4. The summed E-state index contributed by atoms with van der Waals surface area (Å²) in [6.07, 6.45) is -2.38. The quantitative estimate of drug-likeness (QED) is 0.816. The number of aliphatic hydroxyl groups is 1. The van der Waals surface area contributed by atoms with Crippen LogP contribution in [0.4, 0.5) is 13.2 Å². The Labute approximate surface area is 155 Å². The van der Waals surface area contributed by atoms with Crippen molar-refractivity contribution in [3.05, 3.63) is 35.4 Å². The maximum atomic E-state index is 12.6. The standard InChI is InChI=1S/C19H23F3N2O3/c20-19(21,22)15-5-1-12(2-6-15)9-17(27)24-10-13-3-4-14(11-24)18(13)23-16(26)7-8-25/h1-2,5-6,13-14,18,25H,3-4,7-11H2,(H,23,26)/t13-,14+,18?. The van der Waals surface area contributed by atoms with Gasteiger partial charge in [0, 0.05) is 25.6 Å². The van der Waals surface area contributed by atoms with Gasteiger partial charge in [0.05, 0.1) is 18.6 Å². The normalized spacial score (nSPS) is 24.7. The van der Waals surface area contributed by atoms with Crippen LogP contribution in [0.2, 0.25) is 0 Å². The summed E-state index contributed by atoms with van der Waals surface area (Å²) >= 11 is 0. The lowest BCUT2D eigenvalue weighted by atomic mass is 9.91. The molecule has 5 nitrogen and oxygen atoms in total. The molecule has 2 N–H and O–H groups in total. The number of piperidine rings is 1. The van der Waals surface area contributed by atoms with Crippen LogP contribution >= 0.6 is 0 Å². The maximum absolute atomic E-state index is 12.6. The minimum Gasteiger partial charge on any atom is -0.396 e. The highest BCUT2D eigenvalue weighted by Gasteiger charge is 2.43. The van der Waals surface area contributed by atoms with Crippen molar-refractivity contribution in [1.82, 2.24) is 10.2 Å². The third-order valence-electron chi connectivity index (χ3n) is 5.49. The van der Waals surface area contributed by atoms with E-state index in [1.807, 2.05) is 0 Å². The third-order valence-corrected chi connectivity index (χ3v) is 5.49. The van der Waals surface area contributed by atoms with Crippen LogP contribution < -0.4 is 5.32 Å². The molecule has 2 aliphatic rings. The largest absolute Gasteiger partial charge is 0.416 e. The van der Waals surface area contributed by atoms with Gasteiger partial charge in [0.25, 0.3) is 0 Å². The number of likely N-dealkylation sites (tertiary alicyclic amines) is 1. The highest BCUT2D eigenvalue weighted by molar-refractivity contribution is 5.79. The van der Waals surface area contributed by atoms with Crippen LogP contribution in [0.25, 0.3) is 0 Å². The average Bonchev–Trinajstić information content (AvgIpc) is 2.83. The number of aliphatic hydroxyl groups excluding tert-OH is 1. The Hall–Kier alpha value is -2.09. The Morgan fingerprint density at radius 3 is 2.22 bits per heavy atom. The number of alkyl halides is 3. The summed E-state index contributed by atoms with van der Waals surface area (Å²) in [7, 11) is 0. The van der Waals surface area contributed by atoms with Gasteiger partial charge in [0.1, 0.15) is 0 Å². The lowest BCUT2D eigenvalue weighted by molar-refractivity contribution is -0.137. The van der Waals surface area contributed by atoms with Gasteiger partial charge in [-0.1, -0.05) is 12.1 Å². The van der Waals surface area contributed by atoms with Crippen LogP contribution in [-0.4, -0.2) is 47.6 Å². The van der Waals surface area contributed by atoms with Crippen LogP contribution in [0.5, 0.6) is 0 Å². The Morgan fingerprint density at radius 1 is 1.11 bits per heavy atom. The van der Waals surface area contributed by atoms with Gasteiger partial charge < -0.3 is 15.3 Å². The van der Waals surface area contributed by atoms with Gasteiger partial charge in [-0.05, 0) is 42.4 Å². The van der Waals surface area contributed by atoms with Crippen molar-refractivity contribution in [2.24, 2.45) is 11.8 Å². The Morgan fingerprint density at radius 2 is 1.70 bits per heavy atom. The molecule has 0 spiro atoms. The van der Waals surface area contributed by atoms with E-state index in [9.17, 15) is 22.8 Å². The highest BCUT2D eigenvalue weighted by Crippen LogP contribution is 2.37. The number of benzene rings is 1. The summed E-state index contributed by atoms with van der Waals surface area (Å²) < 4.78 is 37.9. The van der Waals surface area contributed by atoms with Gasteiger partial charge in [-0.25, -0.2) is 0 Å². The van der Waals surface area contributed by atoms with Crippen LogP contribution in [0.3, 0.4) is 0 Å².